The van der Waals surface area contributed by atoms with Gasteiger partial charge in [-0.2, -0.15) is 0 Å². The van der Waals surface area contributed by atoms with Crippen LogP contribution in [0.1, 0.15) is 0 Å². The highest BCUT2D eigenvalue weighted by Gasteiger charge is 2.41. The molecule has 1 aliphatic rings. The first-order valence-electron chi connectivity index (χ1n) is 4.39. The molecule has 1 unspecified atom stereocenters. The van der Waals surface area contributed by atoms with Crippen LogP contribution in [0.25, 0.3) is 0 Å². The highest BCUT2D eigenvalue weighted by Crippen LogP contribution is 2.35. The lowest BCUT2D eigenvalue weighted by Crippen LogP contribution is -2.55. The molecule has 5 nitrogen and oxygen atoms in total. The molecule has 1 atom stereocenters. The third-order valence-electron chi connectivity index (χ3n) is 1.82. The molecule has 0 spiro atoms. The standard InChI is InChI=1S/C7H6Br6N2O3/c8-6(9,10)4(16)14-3(2-1-18-2)15-5(17)7(11,12)13/h2-3H,1H2,(H,14,16)(H,15,17). The third kappa shape index (κ3) is 6.04. The molecular formula is C7H6Br6N2O3. The fraction of sp³-hybridized carbons (Fsp3) is 0.714. The Balaban J connectivity index is 2.62. The number of carbonyl (C=O) groups is 2. The van der Waals surface area contributed by atoms with Crippen molar-refractivity contribution >= 4 is 107 Å². The van der Waals surface area contributed by atoms with Gasteiger partial charge in [-0.05, 0) is 95.6 Å². The second kappa shape index (κ2) is 6.69. The monoisotopic (exact) mass is 640 g/mol. The van der Waals surface area contributed by atoms with Gasteiger partial charge in [0.2, 0.25) is 4.29 Å². The summed E-state index contributed by atoms with van der Waals surface area (Å²) in [5, 5.41) is 5.25. The number of carbonyl (C=O) groups excluding carboxylic acids is 2. The minimum absolute atomic E-state index is 0.234. The van der Waals surface area contributed by atoms with Crippen LogP contribution in [0, 0.1) is 0 Å². The summed E-state index contributed by atoms with van der Waals surface area (Å²) in [4.78, 5) is 23.5. The molecule has 104 valence electrons. The van der Waals surface area contributed by atoms with E-state index in [0.29, 0.717) is 6.61 Å². The second-order valence-corrected chi connectivity index (χ2v) is 16.8. The summed E-state index contributed by atoms with van der Waals surface area (Å²) < 4.78 is 2.91. The van der Waals surface area contributed by atoms with Gasteiger partial charge in [-0.25, -0.2) is 0 Å². The molecule has 0 saturated carbocycles. The number of rotatable bonds is 3. The van der Waals surface area contributed by atoms with Gasteiger partial charge < -0.3 is 15.4 Å². The van der Waals surface area contributed by atoms with Crippen LogP contribution in [0.4, 0.5) is 0 Å². The SMILES string of the molecule is O=C(NC(NC(=O)C(Br)(Br)Br)C1CO1)C(Br)(Br)Br. The van der Waals surface area contributed by atoms with Crippen molar-refractivity contribution < 1.29 is 14.3 Å². The van der Waals surface area contributed by atoms with Crippen LogP contribution in [0.3, 0.4) is 0 Å². The molecule has 1 rings (SSSR count). The van der Waals surface area contributed by atoms with Gasteiger partial charge in [-0.15, -0.1) is 0 Å². The van der Waals surface area contributed by atoms with E-state index in [0.717, 1.165) is 0 Å². The van der Waals surface area contributed by atoms with E-state index in [-0.39, 0.29) is 6.10 Å². The molecule has 2 N–H and O–H groups in total. The number of ether oxygens (including phenoxy) is 1. The Kier molecular flexibility index (Phi) is 6.63. The average molecular weight is 646 g/mol. The van der Waals surface area contributed by atoms with Crippen LogP contribution in [0.2, 0.25) is 0 Å². The maximum atomic E-state index is 11.7. The van der Waals surface area contributed by atoms with Crippen molar-refractivity contribution in [3.8, 4) is 0 Å². The lowest BCUT2D eigenvalue weighted by Gasteiger charge is -2.23. The Morgan fingerprint density at radius 3 is 1.56 bits per heavy atom. The molecule has 11 heteroatoms. The van der Waals surface area contributed by atoms with Crippen LogP contribution in [0.15, 0.2) is 0 Å². The highest BCUT2D eigenvalue weighted by atomic mass is 80.0. The quantitative estimate of drug-likeness (QED) is 0.282. The van der Waals surface area contributed by atoms with Gasteiger partial charge in [-0.1, -0.05) is 0 Å². The largest absolute Gasteiger partial charge is 0.369 e. The van der Waals surface area contributed by atoms with Crippen molar-refractivity contribution in [2.24, 2.45) is 0 Å². The van der Waals surface area contributed by atoms with E-state index < -0.39 is 22.3 Å². The van der Waals surface area contributed by atoms with E-state index >= 15 is 0 Å². The van der Waals surface area contributed by atoms with Crippen LogP contribution in [-0.2, 0) is 14.3 Å². The molecule has 0 aromatic carbocycles. The number of halogens is 6. The van der Waals surface area contributed by atoms with E-state index in [9.17, 15) is 9.59 Å². The molecule has 0 aliphatic carbocycles. The zero-order chi connectivity index (χ0) is 14.1. The van der Waals surface area contributed by atoms with Gasteiger partial charge in [0, 0.05) is 0 Å². The summed E-state index contributed by atoms with van der Waals surface area (Å²) >= 11 is 18.5. The van der Waals surface area contributed by atoms with Crippen LogP contribution >= 0.6 is 95.6 Å². The zero-order valence-corrected chi connectivity index (χ0v) is 17.9. The van der Waals surface area contributed by atoms with Gasteiger partial charge >= 0.3 is 0 Å². The first kappa shape index (κ1) is 17.8. The topological polar surface area (TPSA) is 70.7 Å². The summed E-state index contributed by atoms with van der Waals surface area (Å²) in [6.07, 6.45) is -0.855. The predicted molar refractivity (Wildman–Crippen MR) is 88.8 cm³/mol. The lowest BCUT2D eigenvalue weighted by atomic mass is 10.3. The van der Waals surface area contributed by atoms with Crippen LogP contribution < -0.4 is 10.6 Å². The highest BCUT2D eigenvalue weighted by molar-refractivity contribution is 9.40. The van der Waals surface area contributed by atoms with Crippen molar-refractivity contribution in [3.05, 3.63) is 0 Å². The molecule has 2 amide bonds. The number of nitrogens with one attached hydrogen (secondary N) is 2. The third-order valence-corrected chi connectivity index (χ3v) is 3.98. The van der Waals surface area contributed by atoms with Gasteiger partial charge in [0.1, 0.15) is 12.3 Å². The molecule has 0 aromatic heterocycles. The Bertz CT molecular complexity index is 320. The van der Waals surface area contributed by atoms with Crippen molar-refractivity contribution in [1.29, 1.82) is 0 Å². The lowest BCUT2D eigenvalue weighted by molar-refractivity contribution is -0.123. The molecule has 1 fully saturated rings. The summed E-state index contributed by atoms with van der Waals surface area (Å²) in [6.45, 7) is 0.477. The number of alkyl halides is 6. The molecule has 1 saturated heterocycles. The van der Waals surface area contributed by atoms with Crippen LogP contribution in [-0.4, -0.2) is 35.0 Å². The van der Waals surface area contributed by atoms with Crippen molar-refractivity contribution in [3.63, 3.8) is 0 Å². The first-order chi connectivity index (χ1) is 8.01. The van der Waals surface area contributed by atoms with E-state index in [2.05, 4.69) is 106 Å². The number of epoxide rings is 1. The molecule has 0 radical (unpaired) electrons. The van der Waals surface area contributed by atoms with Crippen molar-refractivity contribution in [2.45, 2.75) is 16.6 Å². The minimum Gasteiger partial charge on any atom is -0.369 e. The molecule has 18 heavy (non-hydrogen) atoms. The van der Waals surface area contributed by atoms with E-state index in [1.165, 1.54) is 0 Å². The van der Waals surface area contributed by atoms with Crippen molar-refractivity contribution in [1.82, 2.24) is 10.6 Å². The number of hydrogen-bond donors (Lipinski definition) is 2. The molecule has 0 aromatic rings. The molecular weight excluding hydrogens is 640 g/mol. The Morgan fingerprint density at radius 2 is 1.33 bits per heavy atom. The maximum absolute atomic E-state index is 11.7. The number of amides is 2. The Labute approximate surface area is 154 Å². The normalized spacial score (nSPS) is 19.6. The van der Waals surface area contributed by atoms with Gasteiger partial charge in [0.15, 0.2) is 0 Å². The summed E-state index contributed by atoms with van der Waals surface area (Å²) in [5.74, 6) is -0.791. The van der Waals surface area contributed by atoms with E-state index in [4.69, 9.17) is 4.74 Å². The van der Waals surface area contributed by atoms with Crippen molar-refractivity contribution in [2.75, 3.05) is 6.61 Å². The van der Waals surface area contributed by atoms with Gasteiger partial charge in [0.05, 0.1) is 6.61 Å². The zero-order valence-electron chi connectivity index (χ0n) is 8.35. The number of hydrogen-bond acceptors (Lipinski definition) is 3. The summed E-state index contributed by atoms with van der Waals surface area (Å²) in [7, 11) is 0. The molecule has 1 heterocycles. The average Bonchev–Trinajstić information content (AvgIpc) is 2.96. The van der Waals surface area contributed by atoms with E-state index in [1.54, 1.807) is 0 Å². The summed E-state index contributed by atoms with van der Waals surface area (Å²) in [6, 6.07) is 0. The minimum atomic E-state index is -1.08. The second-order valence-electron chi connectivity index (χ2n) is 3.29. The smallest absolute Gasteiger partial charge is 0.260 e. The van der Waals surface area contributed by atoms with Crippen LogP contribution in [0.5, 0.6) is 0 Å². The predicted octanol–water partition coefficient (Wildman–Crippen LogP) is 2.62. The van der Waals surface area contributed by atoms with Gasteiger partial charge in [-0.3, -0.25) is 9.59 Å². The Morgan fingerprint density at radius 1 is 1.00 bits per heavy atom. The molecule has 0 bridgehead atoms. The molecule has 1 aliphatic heterocycles. The maximum Gasteiger partial charge on any atom is 0.260 e. The Hall–Kier alpha value is 1.78. The first-order valence-corrected chi connectivity index (χ1v) is 9.14. The fourth-order valence-corrected chi connectivity index (χ4v) is 1.60. The van der Waals surface area contributed by atoms with E-state index in [1.807, 2.05) is 0 Å². The van der Waals surface area contributed by atoms with Gasteiger partial charge in [0.25, 0.3) is 11.8 Å². The summed E-state index contributed by atoms with van der Waals surface area (Å²) in [5.41, 5.74) is 0. The fourth-order valence-electron chi connectivity index (χ4n) is 0.916.